The Morgan fingerprint density at radius 2 is 2.15 bits per heavy atom. The Balaban J connectivity index is 1.88. The number of halogens is 2. The van der Waals surface area contributed by atoms with E-state index in [1.165, 1.54) is 5.56 Å². The van der Waals surface area contributed by atoms with Crippen molar-refractivity contribution in [3.05, 3.63) is 29.8 Å². The highest BCUT2D eigenvalue weighted by molar-refractivity contribution is 7.98. The molecular weight excluding hydrogens is 282 g/mol. The van der Waals surface area contributed by atoms with Crippen LogP contribution in [0.3, 0.4) is 0 Å². The molecule has 2 rings (SSSR count). The molecule has 1 aliphatic rings. The number of hydrogen-bond acceptors (Lipinski definition) is 3. The summed E-state index contributed by atoms with van der Waals surface area (Å²) in [4.78, 5) is 11.8. The van der Waals surface area contributed by atoms with Gasteiger partial charge in [0.2, 0.25) is 5.91 Å². The Labute approximate surface area is 121 Å². The van der Waals surface area contributed by atoms with Crippen LogP contribution in [0.5, 0.6) is 0 Å². The van der Waals surface area contributed by atoms with Gasteiger partial charge >= 0.3 is 0 Å². The van der Waals surface area contributed by atoms with E-state index >= 15 is 0 Å². The van der Waals surface area contributed by atoms with Gasteiger partial charge in [0.15, 0.2) is 0 Å². The molecule has 0 aliphatic carbocycles. The number of amides is 1. The molecule has 0 aromatic heterocycles. The Morgan fingerprint density at radius 1 is 1.45 bits per heavy atom. The van der Waals surface area contributed by atoms with Crippen LogP contribution >= 0.6 is 11.8 Å². The van der Waals surface area contributed by atoms with E-state index in [-0.39, 0.29) is 0 Å². The molecule has 1 fully saturated rings. The normalized spacial score (nSPS) is 20.9. The molecule has 1 heterocycles. The third-order valence-electron chi connectivity index (χ3n) is 3.24. The van der Waals surface area contributed by atoms with Gasteiger partial charge in [0.1, 0.15) is 0 Å². The maximum absolute atomic E-state index is 13.0. The highest BCUT2D eigenvalue weighted by Crippen LogP contribution is 2.25. The lowest BCUT2D eigenvalue weighted by Gasteiger charge is -2.11. The predicted molar refractivity (Wildman–Crippen MR) is 78.5 cm³/mol. The van der Waals surface area contributed by atoms with Gasteiger partial charge in [-0.3, -0.25) is 10.1 Å². The molecular formula is C14H18F2N2OS. The summed E-state index contributed by atoms with van der Waals surface area (Å²) in [5, 5.41) is 5.21. The van der Waals surface area contributed by atoms with E-state index in [2.05, 4.69) is 16.9 Å². The number of hydrogen-bond donors (Lipinski definition) is 2. The lowest BCUT2D eigenvalue weighted by Crippen LogP contribution is -2.35. The van der Waals surface area contributed by atoms with E-state index in [0.29, 0.717) is 5.69 Å². The SMILES string of the molecule is CSCCc1ccc(NC(=O)C2CC(F)(F)CN2)cc1. The quantitative estimate of drug-likeness (QED) is 0.878. The monoisotopic (exact) mass is 300 g/mol. The van der Waals surface area contributed by atoms with Crippen LogP contribution in [-0.2, 0) is 11.2 Å². The summed E-state index contributed by atoms with van der Waals surface area (Å²) in [7, 11) is 0. The predicted octanol–water partition coefficient (Wildman–Crippen LogP) is 2.53. The van der Waals surface area contributed by atoms with Crippen LogP contribution in [-0.4, -0.2) is 36.4 Å². The van der Waals surface area contributed by atoms with Gasteiger partial charge < -0.3 is 5.32 Å². The number of nitrogens with one attached hydrogen (secondary N) is 2. The fourth-order valence-electron chi connectivity index (χ4n) is 2.10. The van der Waals surface area contributed by atoms with Gasteiger partial charge in [-0.15, -0.1) is 0 Å². The molecule has 1 unspecified atom stereocenters. The molecule has 1 atom stereocenters. The maximum atomic E-state index is 13.0. The number of thioether (sulfide) groups is 1. The van der Waals surface area contributed by atoms with Crippen LogP contribution in [0.15, 0.2) is 24.3 Å². The first-order valence-electron chi connectivity index (χ1n) is 6.50. The molecule has 1 aliphatic heterocycles. The van der Waals surface area contributed by atoms with Gasteiger partial charge in [-0.2, -0.15) is 11.8 Å². The zero-order chi connectivity index (χ0) is 14.6. The summed E-state index contributed by atoms with van der Waals surface area (Å²) < 4.78 is 26.0. The summed E-state index contributed by atoms with van der Waals surface area (Å²) in [6.07, 6.45) is 2.59. The van der Waals surface area contributed by atoms with E-state index in [1.54, 1.807) is 23.9 Å². The van der Waals surface area contributed by atoms with Crippen molar-refractivity contribution in [3.8, 4) is 0 Å². The van der Waals surface area contributed by atoms with Crippen molar-refractivity contribution in [3.63, 3.8) is 0 Å². The molecule has 1 aromatic rings. The van der Waals surface area contributed by atoms with Gasteiger partial charge in [-0.1, -0.05) is 12.1 Å². The Bertz CT molecular complexity index is 465. The average Bonchev–Trinajstić information content (AvgIpc) is 2.78. The molecule has 1 amide bonds. The van der Waals surface area contributed by atoms with Gasteiger partial charge in [-0.25, -0.2) is 8.78 Å². The maximum Gasteiger partial charge on any atom is 0.262 e. The molecule has 0 spiro atoms. The lowest BCUT2D eigenvalue weighted by atomic mass is 10.1. The first-order valence-corrected chi connectivity index (χ1v) is 7.89. The lowest BCUT2D eigenvalue weighted by molar-refractivity contribution is -0.118. The van der Waals surface area contributed by atoms with Crippen LogP contribution in [0.4, 0.5) is 14.5 Å². The molecule has 1 saturated heterocycles. The fourth-order valence-corrected chi connectivity index (χ4v) is 2.54. The van der Waals surface area contributed by atoms with Gasteiger partial charge in [0.25, 0.3) is 5.92 Å². The van der Waals surface area contributed by atoms with Crippen LogP contribution < -0.4 is 10.6 Å². The van der Waals surface area contributed by atoms with Crippen molar-refractivity contribution in [1.82, 2.24) is 5.32 Å². The van der Waals surface area contributed by atoms with Crippen LogP contribution in [0.1, 0.15) is 12.0 Å². The number of carbonyl (C=O) groups is 1. The van der Waals surface area contributed by atoms with Crippen molar-refractivity contribution in [2.75, 3.05) is 23.9 Å². The Kier molecular flexibility index (Phi) is 4.99. The summed E-state index contributed by atoms with van der Waals surface area (Å²) in [5.74, 6) is -2.14. The molecule has 0 bridgehead atoms. The van der Waals surface area contributed by atoms with Crippen molar-refractivity contribution in [2.45, 2.75) is 24.8 Å². The van der Waals surface area contributed by atoms with E-state index < -0.39 is 30.8 Å². The molecule has 20 heavy (non-hydrogen) atoms. The first-order chi connectivity index (χ1) is 9.50. The van der Waals surface area contributed by atoms with E-state index in [4.69, 9.17) is 0 Å². The van der Waals surface area contributed by atoms with E-state index in [0.717, 1.165) is 12.2 Å². The zero-order valence-electron chi connectivity index (χ0n) is 11.3. The highest BCUT2D eigenvalue weighted by Gasteiger charge is 2.42. The van der Waals surface area contributed by atoms with Crippen molar-refractivity contribution < 1.29 is 13.6 Å². The number of alkyl halides is 2. The summed E-state index contributed by atoms with van der Waals surface area (Å²) in [5.41, 5.74) is 1.84. The van der Waals surface area contributed by atoms with E-state index in [1.807, 2.05) is 12.1 Å². The van der Waals surface area contributed by atoms with Crippen molar-refractivity contribution in [1.29, 1.82) is 0 Å². The standard InChI is InChI=1S/C14H18F2N2OS/c1-20-7-6-10-2-4-11(5-3-10)18-13(19)12-8-14(15,16)9-17-12/h2-5,12,17H,6-9H2,1H3,(H,18,19). The molecule has 110 valence electrons. The van der Waals surface area contributed by atoms with Crippen LogP contribution in [0.2, 0.25) is 0 Å². The second-order valence-corrected chi connectivity index (χ2v) is 5.91. The third kappa shape index (κ3) is 4.18. The Hall–Kier alpha value is -1.14. The van der Waals surface area contributed by atoms with Gasteiger partial charge in [0.05, 0.1) is 12.6 Å². The first kappa shape index (κ1) is 15.3. The number of rotatable bonds is 5. The average molecular weight is 300 g/mol. The number of aryl methyl sites for hydroxylation is 1. The van der Waals surface area contributed by atoms with Crippen LogP contribution in [0.25, 0.3) is 0 Å². The number of benzene rings is 1. The molecule has 0 saturated carbocycles. The molecule has 6 heteroatoms. The summed E-state index contributed by atoms with van der Waals surface area (Å²) >= 11 is 1.78. The second kappa shape index (κ2) is 6.54. The number of anilines is 1. The molecule has 0 radical (unpaired) electrons. The Morgan fingerprint density at radius 3 is 2.70 bits per heavy atom. The molecule has 2 N–H and O–H groups in total. The zero-order valence-corrected chi connectivity index (χ0v) is 12.1. The largest absolute Gasteiger partial charge is 0.325 e. The van der Waals surface area contributed by atoms with Crippen molar-refractivity contribution in [2.24, 2.45) is 0 Å². The summed E-state index contributed by atoms with van der Waals surface area (Å²) in [6.45, 7) is -0.432. The van der Waals surface area contributed by atoms with E-state index in [9.17, 15) is 13.6 Å². The number of carbonyl (C=O) groups excluding carboxylic acids is 1. The topological polar surface area (TPSA) is 41.1 Å². The third-order valence-corrected chi connectivity index (χ3v) is 3.86. The minimum atomic E-state index is -2.79. The van der Waals surface area contributed by atoms with Gasteiger partial charge in [0, 0.05) is 12.1 Å². The van der Waals surface area contributed by atoms with Crippen LogP contribution in [0, 0.1) is 0 Å². The minimum absolute atomic E-state index is 0.404. The minimum Gasteiger partial charge on any atom is -0.325 e. The van der Waals surface area contributed by atoms with Crippen molar-refractivity contribution >= 4 is 23.4 Å². The smallest absolute Gasteiger partial charge is 0.262 e. The molecule has 3 nitrogen and oxygen atoms in total. The fraction of sp³-hybridized carbons (Fsp3) is 0.500. The second-order valence-electron chi connectivity index (χ2n) is 4.92. The van der Waals surface area contributed by atoms with Gasteiger partial charge in [-0.05, 0) is 36.1 Å². The summed E-state index contributed by atoms with van der Waals surface area (Å²) in [6, 6.07) is 6.69. The highest BCUT2D eigenvalue weighted by atomic mass is 32.2. The molecule has 1 aromatic carbocycles.